The van der Waals surface area contributed by atoms with Crippen LogP contribution in [-0.2, 0) is 0 Å². The minimum atomic E-state index is -1.16. The van der Waals surface area contributed by atoms with E-state index in [2.05, 4.69) is 4.98 Å². The van der Waals surface area contributed by atoms with Gasteiger partial charge in [0.05, 0.1) is 5.56 Å². The van der Waals surface area contributed by atoms with Crippen LogP contribution in [0.1, 0.15) is 0 Å². The zero-order valence-electron chi connectivity index (χ0n) is 32.8. The van der Waals surface area contributed by atoms with Crippen molar-refractivity contribution in [1.82, 2.24) is 19.9 Å². The first kappa shape index (κ1) is 37.7. The van der Waals surface area contributed by atoms with E-state index in [-0.39, 0.29) is 28.6 Å². The SMILES string of the molecule is Oc1c(O)c(O)c(-c2ccc3c(-c4nc(-c5c(O)c(O)c(O)c(O)c5O)nc(-c5ccc6ccc7cccc8ccc5c6c78)n4)c4ccccc4c(-c4ccncc4)c3c2)c(O)c1O. The van der Waals surface area contributed by atoms with Crippen molar-refractivity contribution in [3.05, 3.63) is 122 Å². The van der Waals surface area contributed by atoms with Crippen molar-refractivity contribution in [2.45, 2.75) is 0 Å². The Hall–Kier alpha value is -9.30. The van der Waals surface area contributed by atoms with Crippen molar-refractivity contribution in [3.63, 3.8) is 0 Å². The van der Waals surface area contributed by atoms with E-state index >= 15 is 0 Å². The summed E-state index contributed by atoms with van der Waals surface area (Å²) in [6, 6.07) is 33.5. The lowest BCUT2D eigenvalue weighted by atomic mass is 9.86. The van der Waals surface area contributed by atoms with Crippen molar-refractivity contribution in [2.75, 3.05) is 0 Å². The first-order valence-electron chi connectivity index (χ1n) is 19.6. The lowest BCUT2D eigenvalue weighted by Gasteiger charge is -2.20. The van der Waals surface area contributed by atoms with E-state index < -0.39 is 63.1 Å². The van der Waals surface area contributed by atoms with Crippen LogP contribution in [0.15, 0.2) is 122 Å². The molecule has 11 aromatic rings. The van der Waals surface area contributed by atoms with Crippen molar-refractivity contribution in [3.8, 4) is 114 Å². The van der Waals surface area contributed by atoms with Gasteiger partial charge >= 0.3 is 0 Å². The summed E-state index contributed by atoms with van der Waals surface area (Å²) in [7, 11) is 0. The Kier molecular flexibility index (Phi) is 8.01. The first-order valence-corrected chi connectivity index (χ1v) is 19.6. The highest BCUT2D eigenvalue weighted by Gasteiger charge is 2.30. The van der Waals surface area contributed by atoms with Gasteiger partial charge in [0.15, 0.2) is 40.5 Å². The second-order valence-electron chi connectivity index (χ2n) is 15.3. The van der Waals surface area contributed by atoms with E-state index in [0.29, 0.717) is 43.8 Å². The Morgan fingerprint density at radius 3 is 1.39 bits per heavy atom. The lowest BCUT2D eigenvalue weighted by Crippen LogP contribution is -2.03. The van der Waals surface area contributed by atoms with E-state index in [1.165, 1.54) is 6.07 Å². The molecular formula is C50H30N4O10. The van der Waals surface area contributed by atoms with Gasteiger partial charge in [0, 0.05) is 23.5 Å². The van der Waals surface area contributed by atoms with Gasteiger partial charge in [0.1, 0.15) is 5.56 Å². The largest absolute Gasteiger partial charge is 0.504 e. The zero-order valence-corrected chi connectivity index (χ0v) is 32.8. The van der Waals surface area contributed by atoms with E-state index in [4.69, 9.17) is 15.0 Å². The van der Waals surface area contributed by atoms with Crippen molar-refractivity contribution in [1.29, 1.82) is 0 Å². The normalized spacial score (nSPS) is 11.8. The predicted molar refractivity (Wildman–Crippen MR) is 240 cm³/mol. The molecule has 10 N–H and O–H groups in total. The molecule has 2 aromatic heterocycles. The minimum Gasteiger partial charge on any atom is -0.504 e. The van der Waals surface area contributed by atoms with Crippen molar-refractivity contribution >= 4 is 53.9 Å². The number of rotatable bonds is 5. The number of pyridine rings is 1. The molecule has 14 nitrogen and oxygen atoms in total. The molecule has 14 heteroatoms. The number of hydrogen-bond acceptors (Lipinski definition) is 14. The Morgan fingerprint density at radius 1 is 0.297 bits per heavy atom. The molecular weight excluding hydrogens is 817 g/mol. The molecule has 9 aromatic carbocycles. The third-order valence-corrected chi connectivity index (χ3v) is 11.9. The number of phenolic OH excluding ortho intramolecular Hbond substituents is 10. The fraction of sp³-hybridized carbons (Fsp3) is 0. The molecule has 0 saturated carbocycles. The Labute approximate surface area is 359 Å². The summed E-state index contributed by atoms with van der Waals surface area (Å²) in [6.07, 6.45) is 3.23. The molecule has 0 unspecified atom stereocenters. The van der Waals surface area contributed by atoms with Crippen LogP contribution < -0.4 is 0 Å². The maximum absolute atomic E-state index is 11.3. The van der Waals surface area contributed by atoms with Crippen molar-refractivity contribution in [2.24, 2.45) is 0 Å². The molecule has 11 rings (SSSR count). The van der Waals surface area contributed by atoms with Crippen LogP contribution in [-0.4, -0.2) is 71.0 Å². The maximum atomic E-state index is 11.3. The molecule has 0 atom stereocenters. The molecule has 0 aliphatic heterocycles. The van der Waals surface area contributed by atoms with Crippen LogP contribution >= 0.6 is 0 Å². The molecule has 0 fully saturated rings. The second kappa shape index (κ2) is 13.6. The minimum absolute atomic E-state index is 0.00241. The number of aromatic nitrogens is 4. The molecule has 0 bridgehead atoms. The van der Waals surface area contributed by atoms with Gasteiger partial charge < -0.3 is 51.1 Å². The second-order valence-corrected chi connectivity index (χ2v) is 15.3. The summed E-state index contributed by atoms with van der Waals surface area (Å²) in [4.78, 5) is 18.9. The quantitative estimate of drug-likeness (QED) is 0.0335. The van der Waals surface area contributed by atoms with Gasteiger partial charge in [-0.3, -0.25) is 4.98 Å². The Bertz CT molecular complexity index is 3730. The fourth-order valence-corrected chi connectivity index (χ4v) is 8.91. The fourth-order valence-electron chi connectivity index (χ4n) is 8.91. The van der Waals surface area contributed by atoms with Crippen molar-refractivity contribution < 1.29 is 51.1 Å². The summed E-state index contributed by atoms with van der Waals surface area (Å²) >= 11 is 0. The van der Waals surface area contributed by atoms with E-state index in [1.807, 2.05) is 78.9 Å². The van der Waals surface area contributed by atoms with Gasteiger partial charge in [0.25, 0.3) is 0 Å². The Balaban J connectivity index is 1.28. The maximum Gasteiger partial charge on any atom is 0.208 e. The van der Waals surface area contributed by atoms with Crippen LogP contribution in [0.5, 0.6) is 57.5 Å². The van der Waals surface area contributed by atoms with Crippen LogP contribution in [0.2, 0.25) is 0 Å². The predicted octanol–water partition coefficient (Wildman–Crippen LogP) is 9.86. The Morgan fingerprint density at radius 2 is 0.766 bits per heavy atom. The van der Waals surface area contributed by atoms with Gasteiger partial charge in [-0.15, -0.1) is 0 Å². The number of phenols is 10. The average molecular weight is 847 g/mol. The third kappa shape index (κ3) is 5.26. The average Bonchev–Trinajstić information content (AvgIpc) is 3.32. The zero-order chi connectivity index (χ0) is 44.3. The summed E-state index contributed by atoms with van der Waals surface area (Å²) in [6.45, 7) is 0. The summed E-state index contributed by atoms with van der Waals surface area (Å²) in [5.74, 6) is -10.7. The highest BCUT2D eigenvalue weighted by Crippen LogP contribution is 2.57. The molecule has 0 saturated heterocycles. The molecule has 0 aliphatic carbocycles. The van der Waals surface area contributed by atoms with Crippen LogP contribution in [0.4, 0.5) is 0 Å². The van der Waals surface area contributed by atoms with E-state index in [1.54, 1.807) is 36.7 Å². The highest BCUT2D eigenvalue weighted by molar-refractivity contribution is 6.26. The van der Waals surface area contributed by atoms with Gasteiger partial charge in [-0.05, 0) is 94.8 Å². The molecule has 0 amide bonds. The first-order chi connectivity index (χ1) is 30.9. The molecule has 2 heterocycles. The van der Waals surface area contributed by atoms with Crippen LogP contribution in [0.25, 0.3) is 110 Å². The summed E-state index contributed by atoms with van der Waals surface area (Å²) in [5.41, 5.74) is 1.45. The number of benzene rings is 9. The van der Waals surface area contributed by atoms with Gasteiger partial charge in [-0.2, -0.15) is 0 Å². The summed E-state index contributed by atoms with van der Waals surface area (Å²) in [5, 5.41) is 116. The standard InChI is InChI=1S/C50H30N4O10/c55-38-35(39(56)43(60)46(63)42(38)59)25-12-14-29-31(20-25)33(24-16-18-51-19-17-24)26-6-1-2-7-27(26)36(29)49-52-48(53-50(54-49)37-40(57)44(61)47(64)45(62)41(37)58)30-15-11-23-9-8-21-4-3-5-22-10-13-28(30)34(23)32(21)22/h1-20,55-64H. The molecule has 64 heavy (non-hydrogen) atoms. The monoisotopic (exact) mass is 846 g/mol. The number of nitrogens with zero attached hydrogens (tertiary/aromatic N) is 4. The number of aromatic hydroxyl groups is 10. The van der Waals surface area contributed by atoms with Crippen LogP contribution in [0.3, 0.4) is 0 Å². The smallest absolute Gasteiger partial charge is 0.208 e. The lowest BCUT2D eigenvalue weighted by molar-refractivity contribution is 0.329. The summed E-state index contributed by atoms with van der Waals surface area (Å²) < 4.78 is 0. The van der Waals surface area contributed by atoms with E-state index in [9.17, 15) is 51.1 Å². The molecule has 0 spiro atoms. The third-order valence-electron chi connectivity index (χ3n) is 11.9. The topological polar surface area (TPSA) is 254 Å². The molecule has 0 aliphatic rings. The number of hydrogen-bond donors (Lipinski definition) is 10. The molecule has 310 valence electrons. The molecule has 0 radical (unpaired) electrons. The van der Waals surface area contributed by atoms with Crippen LogP contribution in [0, 0.1) is 0 Å². The van der Waals surface area contributed by atoms with Gasteiger partial charge in [0.2, 0.25) is 34.5 Å². The van der Waals surface area contributed by atoms with Gasteiger partial charge in [-0.25, -0.2) is 15.0 Å². The van der Waals surface area contributed by atoms with Gasteiger partial charge in [-0.1, -0.05) is 84.9 Å². The number of fused-ring (bicyclic) bond motifs is 2. The highest BCUT2D eigenvalue weighted by atomic mass is 16.4. The van der Waals surface area contributed by atoms with E-state index in [0.717, 1.165) is 32.3 Å².